The number of carbonyl (C=O) groups excluding carboxylic acids is 3. The number of benzene rings is 2. The number of imide groups is 1. The van der Waals surface area contributed by atoms with Crippen LogP contribution in [0.5, 0.6) is 0 Å². The van der Waals surface area contributed by atoms with Crippen LogP contribution in [0, 0.1) is 6.92 Å². The molecular formula is C23H16ClF6N3O4. The van der Waals surface area contributed by atoms with Gasteiger partial charge in [-0.05, 0) is 36.8 Å². The van der Waals surface area contributed by atoms with Gasteiger partial charge in [-0.15, -0.1) is 0 Å². The van der Waals surface area contributed by atoms with E-state index < -0.39 is 71.3 Å². The van der Waals surface area contributed by atoms with Crippen LogP contribution in [0.15, 0.2) is 41.6 Å². The summed E-state index contributed by atoms with van der Waals surface area (Å²) in [5.41, 5.74) is -5.40. The van der Waals surface area contributed by atoms with Crippen molar-refractivity contribution in [2.24, 2.45) is 5.16 Å². The Kier molecular flexibility index (Phi) is 6.47. The first-order valence-corrected chi connectivity index (χ1v) is 10.9. The maximum atomic E-state index is 14.3. The Hall–Kier alpha value is -3.61. The summed E-state index contributed by atoms with van der Waals surface area (Å²) in [6, 6.07) is 5.54. The molecule has 0 aliphatic carbocycles. The second-order valence-electron chi connectivity index (χ2n) is 8.52. The molecule has 1 saturated heterocycles. The lowest BCUT2D eigenvalue weighted by molar-refractivity contribution is -0.276. The van der Waals surface area contributed by atoms with Gasteiger partial charge in [0.1, 0.15) is 13.1 Å². The molecule has 4 rings (SSSR count). The number of halogens is 7. The number of nitrogens with one attached hydrogen (secondary N) is 1. The highest BCUT2D eigenvalue weighted by atomic mass is 35.5. The molecule has 14 heteroatoms. The highest BCUT2D eigenvalue weighted by Gasteiger charge is 2.62. The molecule has 196 valence electrons. The summed E-state index contributed by atoms with van der Waals surface area (Å²) in [6.07, 6.45) is -11.2. The van der Waals surface area contributed by atoms with E-state index in [1.807, 2.05) is 5.32 Å². The number of aryl methyl sites for hydroxylation is 1. The predicted octanol–water partition coefficient (Wildman–Crippen LogP) is 4.35. The number of carbonyl (C=O) groups is 3. The summed E-state index contributed by atoms with van der Waals surface area (Å²) in [5.74, 6) is -2.10. The lowest BCUT2D eigenvalue weighted by atomic mass is 9.85. The van der Waals surface area contributed by atoms with Gasteiger partial charge in [0.05, 0.1) is 11.3 Å². The van der Waals surface area contributed by atoms with Crippen molar-refractivity contribution in [1.29, 1.82) is 0 Å². The van der Waals surface area contributed by atoms with Crippen LogP contribution in [-0.2, 0) is 26.2 Å². The average Bonchev–Trinajstić information content (AvgIpc) is 3.24. The fraction of sp³-hybridized carbons (Fsp3) is 0.304. The molecule has 37 heavy (non-hydrogen) atoms. The number of amides is 3. The largest absolute Gasteiger partial charge is 0.435 e. The monoisotopic (exact) mass is 547 g/mol. The van der Waals surface area contributed by atoms with Gasteiger partial charge < -0.3 is 9.74 Å². The molecule has 2 aliphatic rings. The normalized spacial score (nSPS) is 20.4. The lowest BCUT2D eigenvalue weighted by Crippen LogP contribution is -2.53. The minimum absolute atomic E-state index is 0.00526. The quantitative estimate of drug-likeness (QED) is 0.457. The third-order valence-electron chi connectivity index (χ3n) is 5.91. The zero-order valence-electron chi connectivity index (χ0n) is 18.8. The molecule has 1 N–H and O–H groups in total. The van der Waals surface area contributed by atoms with Crippen LogP contribution in [0.2, 0.25) is 5.02 Å². The second-order valence-corrected chi connectivity index (χ2v) is 8.96. The zero-order valence-corrected chi connectivity index (χ0v) is 19.5. The van der Waals surface area contributed by atoms with Crippen molar-refractivity contribution in [2.45, 2.75) is 31.3 Å². The number of nitrogens with zero attached hydrogens (tertiary/aromatic N) is 2. The summed E-state index contributed by atoms with van der Waals surface area (Å²) in [6.45, 7) is 0.748. The molecule has 2 aromatic rings. The third kappa shape index (κ3) is 4.99. The Morgan fingerprint density at radius 1 is 1.05 bits per heavy atom. The lowest BCUT2D eigenvalue weighted by Gasteiger charge is -2.30. The van der Waals surface area contributed by atoms with E-state index in [2.05, 4.69) is 5.16 Å². The van der Waals surface area contributed by atoms with E-state index in [1.54, 1.807) is 6.92 Å². The van der Waals surface area contributed by atoms with Crippen LogP contribution in [0.4, 0.5) is 26.3 Å². The van der Waals surface area contributed by atoms with Crippen LogP contribution in [0.3, 0.4) is 0 Å². The highest BCUT2D eigenvalue weighted by molar-refractivity contribution is 6.30. The summed E-state index contributed by atoms with van der Waals surface area (Å²) in [4.78, 5) is 42.0. The van der Waals surface area contributed by atoms with E-state index >= 15 is 0 Å². The highest BCUT2D eigenvalue weighted by Crippen LogP contribution is 2.50. The van der Waals surface area contributed by atoms with Crippen molar-refractivity contribution < 1.29 is 45.6 Å². The molecule has 0 radical (unpaired) electrons. The standard InChI is InChI=1S/C23H16ClF6N3O4/c1-11-2-3-12(4-16(11)20(36)33-9-18(34)31-19(35)10-33)17-8-21(37-32-17,23(28,29)30)13-5-14(22(25,26)27)7-15(24)6-13/h2-7H,8-10H2,1H3,(H,31,34,35). The first kappa shape index (κ1) is 26.5. The maximum absolute atomic E-state index is 14.3. The van der Waals surface area contributed by atoms with E-state index in [1.165, 1.54) is 18.2 Å². The maximum Gasteiger partial charge on any atom is 0.435 e. The summed E-state index contributed by atoms with van der Waals surface area (Å²) in [5, 5.41) is 4.99. The molecule has 3 amide bonds. The molecule has 2 aromatic carbocycles. The van der Waals surface area contributed by atoms with Gasteiger partial charge >= 0.3 is 12.4 Å². The molecule has 0 bridgehead atoms. The van der Waals surface area contributed by atoms with E-state index in [-0.39, 0.29) is 16.8 Å². The number of piperazine rings is 1. The zero-order chi connectivity index (χ0) is 27.3. The number of hydrogen-bond acceptors (Lipinski definition) is 5. The Morgan fingerprint density at radius 3 is 2.30 bits per heavy atom. The molecule has 7 nitrogen and oxygen atoms in total. The molecule has 1 fully saturated rings. The fourth-order valence-electron chi connectivity index (χ4n) is 4.03. The number of hydrogen-bond donors (Lipinski definition) is 1. The molecule has 0 spiro atoms. The van der Waals surface area contributed by atoms with Crippen LogP contribution >= 0.6 is 11.6 Å². The number of oxime groups is 1. The minimum Gasteiger partial charge on any atom is -0.374 e. The summed E-state index contributed by atoms with van der Waals surface area (Å²) >= 11 is 5.71. The molecule has 1 atom stereocenters. The topological polar surface area (TPSA) is 88.1 Å². The van der Waals surface area contributed by atoms with Crippen molar-refractivity contribution >= 4 is 35.0 Å². The van der Waals surface area contributed by atoms with Gasteiger partial charge in [0, 0.05) is 28.1 Å². The second kappa shape index (κ2) is 9.05. The number of rotatable bonds is 3. The van der Waals surface area contributed by atoms with Crippen molar-refractivity contribution in [3.05, 3.63) is 69.2 Å². The van der Waals surface area contributed by atoms with Crippen molar-refractivity contribution in [3.63, 3.8) is 0 Å². The Balaban J connectivity index is 1.70. The number of alkyl halides is 6. The van der Waals surface area contributed by atoms with Crippen LogP contribution in [0.1, 0.15) is 39.0 Å². The van der Waals surface area contributed by atoms with Gasteiger partial charge in [-0.25, -0.2) is 0 Å². The fourth-order valence-corrected chi connectivity index (χ4v) is 4.26. The van der Waals surface area contributed by atoms with Gasteiger partial charge in [-0.2, -0.15) is 26.3 Å². The minimum atomic E-state index is -5.20. The van der Waals surface area contributed by atoms with Gasteiger partial charge in [0.15, 0.2) is 0 Å². The first-order valence-electron chi connectivity index (χ1n) is 10.5. The van der Waals surface area contributed by atoms with Crippen LogP contribution in [0.25, 0.3) is 0 Å². The van der Waals surface area contributed by atoms with Gasteiger partial charge in [0.25, 0.3) is 11.5 Å². The van der Waals surface area contributed by atoms with E-state index in [0.29, 0.717) is 17.7 Å². The van der Waals surface area contributed by atoms with Gasteiger partial charge in [0.2, 0.25) is 11.8 Å². The van der Waals surface area contributed by atoms with Crippen molar-refractivity contribution in [1.82, 2.24) is 10.2 Å². The average molecular weight is 548 g/mol. The van der Waals surface area contributed by atoms with Crippen molar-refractivity contribution in [2.75, 3.05) is 13.1 Å². The first-order chi connectivity index (χ1) is 17.1. The molecular weight excluding hydrogens is 532 g/mol. The Bertz CT molecular complexity index is 1320. The third-order valence-corrected chi connectivity index (χ3v) is 6.13. The predicted molar refractivity (Wildman–Crippen MR) is 117 cm³/mol. The Labute approximate surface area is 210 Å². The Morgan fingerprint density at radius 2 is 1.70 bits per heavy atom. The molecule has 0 aromatic heterocycles. The molecule has 1 unspecified atom stereocenters. The van der Waals surface area contributed by atoms with Crippen LogP contribution < -0.4 is 5.32 Å². The van der Waals surface area contributed by atoms with Gasteiger partial charge in [-0.1, -0.05) is 28.9 Å². The van der Waals surface area contributed by atoms with E-state index in [0.717, 1.165) is 11.0 Å². The smallest absolute Gasteiger partial charge is 0.374 e. The summed E-state index contributed by atoms with van der Waals surface area (Å²) in [7, 11) is 0. The van der Waals surface area contributed by atoms with Crippen LogP contribution in [-0.4, -0.2) is 47.6 Å². The van der Waals surface area contributed by atoms with E-state index in [4.69, 9.17) is 16.4 Å². The molecule has 2 aliphatic heterocycles. The molecule has 2 heterocycles. The van der Waals surface area contributed by atoms with E-state index in [9.17, 15) is 40.7 Å². The summed E-state index contributed by atoms with van der Waals surface area (Å²) < 4.78 is 82.7. The SMILES string of the molecule is Cc1ccc(C2=NOC(c3cc(Cl)cc(C(F)(F)F)c3)(C(F)(F)F)C2)cc1C(=O)N1CC(=O)NC(=O)C1. The molecule has 0 saturated carbocycles. The van der Waals surface area contributed by atoms with Gasteiger partial charge in [-0.3, -0.25) is 19.7 Å². The van der Waals surface area contributed by atoms with Crippen molar-refractivity contribution in [3.8, 4) is 0 Å².